The summed E-state index contributed by atoms with van der Waals surface area (Å²) in [5.41, 5.74) is 1.43. The van der Waals surface area contributed by atoms with Gasteiger partial charge in [-0.25, -0.2) is 0 Å². The number of hydrogen-bond donors (Lipinski definition) is 0. The van der Waals surface area contributed by atoms with Crippen molar-refractivity contribution in [1.29, 1.82) is 0 Å². The first kappa shape index (κ1) is 13.0. The standard InChI is InChI=1S/C16H13ClO3/c17-13-10-16-15(19-6-7-20-16)9-12(13)14(18)8-11-4-2-1-3-5-11/h1-5,9-10H,6-8H2. The van der Waals surface area contributed by atoms with Crippen LogP contribution in [0.15, 0.2) is 42.5 Å². The second kappa shape index (κ2) is 5.55. The molecule has 20 heavy (non-hydrogen) atoms. The number of Topliss-reactive ketones (excluding diaryl/α,β-unsaturated/α-hetero) is 1. The van der Waals surface area contributed by atoms with E-state index in [4.69, 9.17) is 21.1 Å². The van der Waals surface area contributed by atoms with Crippen LogP contribution in [0.5, 0.6) is 11.5 Å². The number of fused-ring (bicyclic) bond motifs is 1. The number of carbonyl (C=O) groups excluding carboxylic acids is 1. The minimum Gasteiger partial charge on any atom is -0.486 e. The molecule has 0 fully saturated rings. The predicted molar refractivity (Wildman–Crippen MR) is 76.9 cm³/mol. The van der Waals surface area contributed by atoms with Crippen LogP contribution in [-0.4, -0.2) is 19.0 Å². The largest absolute Gasteiger partial charge is 0.486 e. The zero-order chi connectivity index (χ0) is 13.9. The highest BCUT2D eigenvalue weighted by atomic mass is 35.5. The fraction of sp³-hybridized carbons (Fsp3) is 0.188. The van der Waals surface area contributed by atoms with Crippen molar-refractivity contribution in [2.24, 2.45) is 0 Å². The number of halogens is 1. The van der Waals surface area contributed by atoms with Crippen LogP contribution in [0.2, 0.25) is 5.02 Å². The number of ether oxygens (including phenoxy) is 2. The van der Waals surface area contributed by atoms with Gasteiger partial charge in [-0.1, -0.05) is 41.9 Å². The van der Waals surface area contributed by atoms with Gasteiger partial charge in [-0.15, -0.1) is 0 Å². The Hall–Kier alpha value is -2.00. The first-order chi connectivity index (χ1) is 9.74. The molecule has 0 saturated carbocycles. The number of ketones is 1. The smallest absolute Gasteiger partial charge is 0.168 e. The molecule has 0 atom stereocenters. The summed E-state index contributed by atoms with van der Waals surface area (Å²) in [4.78, 5) is 12.3. The summed E-state index contributed by atoms with van der Waals surface area (Å²) >= 11 is 6.17. The highest BCUT2D eigenvalue weighted by Gasteiger charge is 2.19. The molecule has 1 heterocycles. The van der Waals surface area contributed by atoms with E-state index >= 15 is 0 Å². The van der Waals surface area contributed by atoms with Crippen LogP contribution in [0, 0.1) is 0 Å². The zero-order valence-corrected chi connectivity index (χ0v) is 11.5. The van der Waals surface area contributed by atoms with Crippen LogP contribution in [0.1, 0.15) is 15.9 Å². The van der Waals surface area contributed by atoms with Crippen molar-refractivity contribution in [1.82, 2.24) is 0 Å². The average molecular weight is 289 g/mol. The van der Waals surface area contributed by atoms with E-state index in [0.29, 0.717) is 41.7 Å². The van der Waals surface area contributed by atoms with Crippen LogP contribution in [0.4, 0.5) is 0 Å². The van der Waals surface area contributed by atoms with E-state index in [1.165, 1.54) is 0 Å². The van der Waals surface area contributed by atoms with E-state index < -0.39 is 0 Å². The molecule has 0 aliphatic carbocycles. The molecular formula is C16H13ClO3. The Bertz CT molecular complexity index is 638. The third kappa shape index (κ3) is 2.63. The minimum atomic E-state index is -0.0295. The second-order valence-corrected chi connectivity index (χ2v) is 4.97. The average Bonchev–Trinajstić information content (AvgIpc) is 2.47. The van der Waals surface area contributed by atoms with Crippen LogP contribution < -0.4 is 9.47 Å². The molecule has 0 bridgehead atoms. The molecule has 0 amide bonds. The fourth-order valence-electron chi connectivity index (χ4n) is 2.15. The lowest BCUT2D eigenvalue weighted by molar-refractivity contribution is 0.0992. The highest BCUT2D eigenvalue weighted by Crippen LogP contribution is 2.35. The number of benzene rings is 2. The molecule has 2 aromatic carbocycles. The molecule has 2 aromatic rings. The van der Waals surface area contributed by atoms with Gasteiger partial charge in [0.2, 0.25) is 0 Å². The molecule has 0 saturated heterocycles. The molecular weight excluding hydrogens is 276 g/mol. The Balaban J connectivity index is 1.88. The maximum Gasteiger partial charge on any atom is 0.168 e. The predicted octanol–water partition coefficient (Wildman–Crippen LogP) is 3.54. The van der Waals surface area contributed by atoms with Crippen LogP contribution >= 0.6 is 11.6 Å². The maximum atomic E-state index is 12.3. The van der Waals surface area contributed by atoms with Crippen LogP contribution in [0.3, 0.4) is 0 Å². The van der Waals surface area contributed by atoms with Crippen molar-refractivity contribution >= 4 is 17.4 Å². The molecule has 0 aromatic heterocycles. The summed E-state index contributed by atoms with van der Waals surface area (Å²) in [6, 6.07) is 12.9. The van der Waals surface area contributed by atoms with Gasteiger partial charge in [0.25, 0.3) is 0 Å². The van der Waals surface area contributed by atoms with Gasteiger partial charge in [0, 0.05) is 18.1 Å². The summed E-state index contributed by atoms with van der Waals surface area (Å²) in [6.45, 7) is 0.988. The highest BCUT2D eigenvalue weighted by molar-refractivity contribution is 6.34. The van der Waals surface area contributed by atoms with Crippen molar-refractivity contribution in [3.05, 3.63) is 58.6 Å². The third-order valence-corrected chi connectivity index (χ3v) is 3.45. The SMILES string of the molecule is O=C(Cc1ccccc1)c1cc2c(cc1Cl)OCCO2. The second-order valence-electron chi connectivity index (χ2n) is 4.56. The van der Waals surface area contributed by atoms with E-state index in [1.54, 1.807) is 12.1 Å². The van der Waals surface area contributed by atoms with Crippen LogP contribution in [0.25, 0.3) is 0 Å². The Morgan fingerprint density at radius 1 is 1.05 bits per heavy atom. The van der Waals surface area contributed by atoms with Gasteiger partial charge in [0.1, 0.15) is 13.2 Å². The van der Waals surface area contributed by atoms with E-state index in [2.05, 4.69) is 0 Å². The summed E-state index contributed by atoms with van der Waals surface area (Å²) in [5.74, 6) is 1.15. The summed E-state index contributed by atoms with van der Waals surface area (Å²) in [5, 5.41) is 0.398. The number of hydrogen-bond acceptors (Lipinski definition) is 3. The van der Waals surface area contributed by atoms with Crippen molar-refractivity contribution in [2.75, 3.05) is 13.2 Å². The van der Waals surface area contributed by atoms with E-state index in [-0.39, 0.29) is 5.78 Å². The van der Waals surface area contributed by atoms with Gasteiger partial charge >= 0.3 is 0 Å². The summed E-state index contributed by atoms with van der Waals surface area (Å²) in [6.07, 6.45) is 0.320. The van der Waals surface area contributed by atoms with Gasteiger partial charge in [-0.05, 0) is 11.6 Å². The quantitative estimate of drug-likeness (QED) is 0.811. The molecule has 1 aliphatic heterocycles. The molecule has 4 heteroatoms. The molecule has 1 aliphatic rings. The van der Waals surface area contributed by atoms with Gasteiger partial charge in [0.15, 0.2) is 17.3 Å². The molecule has 0 unspecified atom stereocenters. The number of rotatable bonds is 3. The molecule has 3 rings (SSSR count). The Morgan fingerprint density at radius 2 is 1.70 bits per heavy atom. The molecule has 0 N–H and O–H groups in total. The van der Waals surface area contributed by atoms with Gasteiger partial charge in [-0.2, -0.15) is 0 Å². The minimum absolute atomic E-state index is 0.0295. The molecule has 102 valence electrons. The lowest BCUT2D eigenvalue weighted by atomic mass is 10.0. The molecule has 0 spiro atoms. The normalized spacial score (nSPS) is 13.1. The third-order valence-electron chi connectivity index (χ3n) is 3.14. The van der Waals surface area contributed by atoms with Crippen LogP contribution in [-0.2, 0) is 6.42 Å². The fourth-order valence-corrected chi connectivity index (χ4v) is 2.41. The van der Waals surface area contributed by atoms with Crippen molar-refractivity contribution in [2.45, 2.75) is 6.42 Å². The van der Waals surface area contributed by atoms with Crippen molar-refractivity contribution in [3.63, 3.8) is 0 Å². The first-order valence-corrected chi connectivity index (χ1v) is 6.78. The van der Waals surface area contributed by atoms with Gasteiger partial charge in [0.05, 0.1) is 5.02 Å². The maximum absolute atomic E-state index is 12.3. The summed E-state index contributed by atoms with van der Waals surface area (Å²) in [7, 11) is 0. The lowest BCUT2D eigenvalue weighted by Gasteiger charge is -2.19. The van der Waals surface area contributed by atoms with Crippen molar-refractivity contribution in [3.8, 4) is 11.5 Å². The van der Waals surface area contributed by atoms with E-state index in [9.17, 15) is 4.79 Å². The summed E-state index contributed by atoms with van der Waals surface area (Å²) < 4.78 is 10.9. The lowest BCUT2D eigenvalue weighted by Crippen LogP contribution is -2.16. The van der Waals surface area contributed by atoms with E-state index in [0.717, 1.165) is 5.56 Å². The first-order valence-electron chi connectivity index (χ1n) is 6.40. The Kier molecular flexibility index (Phi) is 3.61. The zero-order valence-electron chi connectivity index (χ0n) is 10.8. The number of carbonyl (C=O) groups is 1. The van der Waals surface area contributed by atoms with Gasteiger partial charge in [-0.3, -0.25) is 4.79 Å². The molecule has 0 radical (unpaired) electrons. The monoisotopic (exact) mass is 288 g/mol. The van der Waals surface area contributed by atoms with E-state index in [1.807, 2.05) is 30.3 Å². The Morgan fingerprint density at radius 3 is 2.40 bits per heavy atom. The molecule has 3 nitrogen and oxygen atoms in total. The van der Waals surface area contributed by atoms with Crippen molar-refractivity contribution < 1.29 is 14.3 Å². The Labute approximate surface area is 122 Å². The van der Waals surface area contributed by atoms with Gasteiger partial charge < -0.3 is 9.47 Å². The topological polar surface area (TPSA) is 35.5 Å².